The Balaban J connectivity index is 0.000000368. The molecule has 0 radical (unpaired) electrons. The molecule has 24 heavy (non-hydrogen) atoms. The van der Waals surface area contributed by atoms with Crippen LogP contribution < -0.4 is 0 Å². The molecule has 0 fully saturated rings. The van der Waals surface area contributed by atoms with Gasteiger partial charge in [0.25, 0.3) is 10.1 Å². The van der Waals surface area contributed by atoms with Crippen LogP contribution in [-0.4, -0.2) is 49.8 Å². The maximum absolute atomic E-state index is 9.19. The van der Waals surface area contributed by atoms with Crippen molar-refractivity contribution in [1.29, 1.82) is 0 Å². The van der Waals surface area contributed by atoms with Crippen LogP contribution in [0.3, 0.4) is 0 Å². The lowest BCUT2D eigenvalue weighted by Crippen LogP contribution is -2.20. The lowest BCUT2D eigenvalue weighted by Gasteiger charge is -2.16. The van der Waals surface area contributed by atoms with E-state index in [0.29, 0.717) is 6.26 Å². The van der Waals surface area contributed by atoms with Crippen LogP contribution in [0.25, 0.3) is 11.4 Å². The summed E-state index contributed by atoms with van der Waals surface area (Å²) >= 11 is 0. The molecule has 0 atom stereocenters. The van der Waals surface area contributed by atoms with Crippen LogP contribution in [0.4, 0.5) is 0 Å². The minimum absolute atomic E-state index is 0.715. The number of nitrogens with zero attached hydrogens (tertiary/aromatic N) is 2. The number of hydrogen-bond acceptors (Lipinski definition) is 4. The van der Waals surface area contributed by atoms with E-state index in [0.717, 1.165) is 6.67 Å². The Kier molecular flexibility index (Phi) is 5.64. The van der Waals surface area contributed by atoms with Crippen LogP contribution in [0.15, 0.2) is 60.7 Å². The van der Waals surface area contributed by atoms with Crippen molar-refractivity contribution >= 4 is 21.5 Å². The molecule has 0 aliphatic carbocycles. The van der Waals surface area contributed by atoms with Gasteiger partial charge in [0, 0.05) is 14.1 Å². The highest BCUT2D eigenvalue weighted by Gasteiger charge is 2.25. The zero-order chi connectivity index (χ0) is 17.7. The van der Waals surface area contributed by atoms with Gasteiger partial charge >= 0.3 is 0 Å². The average Bonchev–Trinajstić information content (AvgIpc) is 2.82. The molecular weight excluding hydrogens is 324 g/mol. The molecular formula is C18H22N2O3S. The summed E-state index contributed by atoms with van der Waals surface area (Å²) in [6, 6.07) is 21.2. The largest absolute Gasteiger partial charge is 0.355 e. The molecule has 1 aliphatic rings. The molecule has 5 nitrogen and oxygen atoms in total. The predicted molar refractivity (Wildman–Crippen MR) is 97.6 cm³/mol. The first kappa shape index (κ1) is 18.0. The molecule has 0 unspecified atom stereocenters. The highest BCUT2D eigenvalue weighted by atomic mass is 32.2. The lowest BCUT2D eigenvalue weighted by atomic mass is 10.1. The van der Waals surface area contributed by atoms with Gasteiger partial charge < -0.3 is 9.80 Å². The SMILES string of the molecule is CN1CN(C)C(c2ccccc2)=C1c1ccccc1.CS(=O)(=O)O. The number of benzene rings is 2. The van der Waals surface area contributed by atoms with Crippen molar-refractivity contribution in [2.24, 2.45) is 0 Å². The highest BCUT2D eigenvalue weighted by molar-refractivity contribution is 7.85. The molecule has 0 aromatic heterocycles. The van der Waals surface area contributed by atoms with Gasteiger partial charge in [-0.2, -0.15) is 8.42 Å². The quantitative estimate of drug-likeness (QED) is 0.847. The van der Waals surface area contributed by atoms with Gasteiger partial charge in [-0.1, -0.05) is 60.7 Å². The Morgan fingerprint density at radius 3 is 1.38 bits per heavy atom. The zero-order valence-corrected chi connectivity index (χ0v) is 14.9. The standard InChI is InChI=1S/C17H18N2.CH4O3S/c1-18-13-19(2)17(15-11-7-4-8-12-15)16(18)14-9-5-3-6-10-14;1-5(2,3)4/h3-12H,13H2,1-2H3;1H3,(H,2,3,4). The summed E-state index contributed by atoms with van der Waals surface area (Å²) in [4.78, 5) is 4.61. The number of hydrogen-bond donors (Lipinski definition) is 1. The van der Waals surface area contributed by atoms with E-state index >= 15 is 0 Å². The van der Waals surface area contributed by atoms with E-state index in [1.165, 1.54) is 22.5 Å². The van der Waals surface area contributed by atoms with Gasteiger partial charge in [0.1, 0.15) is 0 Å². The van der Waals surface area contributed by atoms with Gasteiger partial charge in [-0.15, -0.1) is 0 Å². The second kappa shape index (κ2) is 7.51. The summed E-state index contributed by atoms with van der Waals surface area (Å²) in [5.41, 5.74) is 5.14. The maximum Gasteiger partial charge on any atom is 0.261 e. The predicted octanol–water partition coefficient (Wildman–Crippen LogP) is 2.85. The Hall–Kier alpha value is -2.31. The summed E-state index contributed by atoms with van der Waals surface area (Å²) < 4.78 is 25.9. The normalized spacial score (nSPS) is 14.5. The molecule has 0 bridgehead atoms. The Morgan fingerprint density at radius 2 is 1.08 bits per heavy atom. The second-order valence-electron chi connectivity index (χ2n) is 5.70. The van der Waals surface area contributed by atoms with Gasteiger partial charge in [-0.25, -0.2) is 0 Å². The molecule has 1 N–H and O–H groups in total. The highest BCUT2D eigenvalue weighted by Crippen LogP contribution is 2.35. The fraction of sp³-hybridized carbons (Fsp3) is 0.222. The summed E-state index contributed by atoms with van der Waals surface area (Å²) in [6.07, 6.45) is 0.715. The fourth-order valence-corrected chi connectivity index (χ4v) is 2.73. The molecule has 1 heterocycles. The van der Waals surface area contributed by atoms with Crippen LogP contribution >= 0.6 is 0 Å². The molecule has 0 spiro atoms. The van der Waals surface area contributed by atoms with Gasteiger partial charge in [-0.3, -0.25) is 4.55 Å². The third-order valence-corrected chi connectivity index (χ3v) is 3.51. The molecule has 3 rings (SSSR count). The summed E-state index contributed by atoms with van der Waals surface area (Å²) in [7, 11) is 0.629. The van der Waals surface area contributed by atoms with Crippen LogP contribution in [0.2, 0.25) is 0 Å². The van der Waals surface area contributed by atoms with Crippen molar-refractivity contribution < 1.29 is 13.0 Å². The van der Waals surface area contributed by atoms with E-state index in [-0.39, 0.29) is 0 Å². The smallest absolute Gasteiger partial charge is 0.261 e. The van der Waals surface area contributed by atoms with Crippen LogP contribution in [-0.2, 0) is 10.1 Å². The Morgan fingerprint density at radius 1 is 0.792 bits per heavy atom. The van der Waals surface area contributed by atoms with Crippen LogP contribution in [0, 0.1) is 0 Å². The monoisotopic (exact) mass is 346 g/mol. The summed E-state index contributed by atoms with van der Waals surface area (Å²) in [6.45, 7) is 0.925. The average molecular weight is 346 g/mol. The molecule has 128 valence electrons. The van der Waals surface area contributed by atoms with E-state index in [1.807, 2.05) is 0 Å². The molecule has 0 amide bonds. The molecule has 0 saturated carbocycles. The second-order valence-corrected chi connectivity index (χ2v) is 7.17. The van der Waals surface area contributed by atoms with Crippen molar-refractivity contribution in [3.63, 3.8) is 0 Å². The van der Waals surface area contributed by atoms with E-state index < -0.39 is 10.1 Å². The van der Waals surface area contributed by atoms with Crippen LogP contribution in [0.1, 0.15) is 11.1 Å². The first-order valence-corrected chi connectivity index (χ1v) is 9.32. The molecule has 6 heteroatoms. The minimum atomic E-state index is -3.67. The first-order chi connectivity index (χ1) is 11.3. The third-order valence-electron chi connectivity index (χ3n) is 3.51. The van der Waals surface area contributed by atoms with Gasteiger partial charge in [0.05, 0.1) is 24.3 Å². The minimum Gasteiger partial charge on any atom is -0.355 e. The topological polar surface area (TPSA) is 60.9 Å². The van der Waals surface area contributed by atoms with Crippen molar-refractivity contribution in [2.45, 2.75) is 0 Å². The first-order valence-electron chi connectivity index (χ1n) is 7.47. The van der Waals surface area contributed by atoms with E-state index in [4.69, 9.17) is 4.55 Å². The summed E-state index contributed by atoms with van der Waals surface area (Å²) in [5, 5.41) is 0. The van der Waals surface area contributed by atoms with Gasteiger partial charge in [0.2, 0.25) is 0 Å². The Bertz CT molecular complexity index is 741. The van der Waals surface area contributed by atoms with E-state index in [9.17, 15) is 8.42 Å². The van der Waals surface area contributed by atoms with Crippen molar-refractivity contribution in [2.75, 3.05) is 27.0 Å². The van der Waals surface area contributed by atoms with Gasteiger partial charge in [-0.05, 0) is 11.1 Å². The fourth-order valence-electron chi connectivity index (χ4n) is 2.73. The van der Waals surface area contributed by atoms with Gasteiger partial charge in [0.15, 0.2) is 0 Å². The van der Waals surface area contributed by atoms with Crippen molar-refractivity contribution in [1.82, 2.24) is 9.80 Å². The number of rotatable bonds is 2. The zero-order valence-electron chi connectivity index (χ0n) is 14.0. The Labute approximate surface area is 143 Å². The third kappa shape index (κ3) is 4.84. The maximum atomic E-state index is 9.19. The van der Waals surface area contributed by atoms with E-state index in [1.54, 1.807) is 0 Å². The molecule has 2 aromatic rings. The van der Waals surface area contributed by atoms with Crippen LogP contribution in [0.5, 0.6) is 0 Å². The molecule has 1 aliphatic heterocycles. The van der Waals surface area contributed by atoms with Crippen molar-refractivity contribution in [3.05, 3.63) is 71.8 Å². The molecule has 2 aromatic carbocycles. The lowest BCUT2D eigenvalue weighted by molar-refractivity contribution is 0.356. The summed E-state index contributed by atoms with van der Waals surface area (Å²) in [5.74, 6) is 0. The van der Waals surface area contributed by atoms with Crippen molar-refractivity contribution in [3.8, 4) is 0 Å². The van der Waals surface area contributed by atoms with E-state index in [2.05, 4.69) is 84.6 Å². The molecule has 0 saturated heterocycles.